The Bertz CT molecular complexity index is 756. The molecule has 0 aromatic rings. The number of hydrogen-bond donors (Lipinski definition) is 10. The summed E-state index contributed by atoms with van der Waals surface area (Å²) in [7, 11) is 0. The summed E-state index contributed by atoms with van der Waals surface area (Å²) in [4.78, 5) is 63.1. The number of hydrogen-bond acceptors (Lipinski definition) is 9. The predicted molar refractivity (Wildman–Crippen MR) is 117 cm³/mol. The minimum absolute atomic E-state index is 0.131. The van der Waals surface area contributed by atoms with Crippen LogP contribution in [-0.4, -0.2) is 99.5 Å². The highest BCUT2D eigenvalue weighted by Crippen LogP contribution is 2.04. The topological polar surface area (TPSA) is 293 Å². The maximum absolute atomic E-state index is 12.7. The zero-order chi connectivity index (χ0) is 26.4. The number of nitrogens with one attached hydrogen (secondary N) is 3. The smallest absolute Gasteiger partial charge is 0.328 e. The van der Waals surface area contributed by atoms with Crippen molar-refractivity contribution in [1.82, 2.24) is 16.0 Å². The predicted octanol–water partition coefficient (Wildman–Crippen LogP) is -4.86. The summed E-state index contributed by atoms with van der Waals surface area (Å²) in [5.41, 5.74) is 16.2. The van der Waals surface area contributed by atoms with Gasteiger partial charge in [0.25, 0.3) is 0 Å². The molecule has 0 saturated carbocycles. The van der Waals surface area contributed by atoms with E-state index in [1.54, 1.807) is 0 Å². The molecule has 16 nitrogen and oxygen atoms in total. The molecule has 0 aromatic heterocycles. The molecule has 0 radical (unpaired) electrons. The number of carbonyl (C=O) groups excluding carboxylic acids is 3. The Hall–Kier alpha value is -3.50. The molecule has 0 aromatic carbocycles. The van der Waals surface area contributed by atoms with Gasteiger partial charge in [0.15, 0.2) is 5.96 Å². The second-order valence-electron chi connectivity index (χ2n) is 7.36. The Morgan fingerprint density at radius 1 is 0.912 bits per heavy atom. The summed E-state index contributed by atoms with van der Waals surface area (Å²) in [5, 5.41) is 43.2. The lowest BCUT2D eigenvalue weighted by Gasteiger charge is -2.26. The molecule has 3 amide bonds. The van der Waals surface area contributed by atoms with Gasteiger partial charge in [-0.3, -0.25) is 24.2 Å². The highest BCUT2D eigenvalue weighted by molar-refractivity contribution is 5.94. The molecule has 0 aliphatic carbocycles. The number of rotatable bonds is 16. The Kier molecular flexibility index (Phi) is 13.8. The minimum atomic E-state index is -1.69. The molecule has 0 saturated heterocycles. The number of carboxylic acids is 2. The second-order valence-corrected chi connectivity index (χ2v) is 7.36. The normalized spacial score (nSPS) is 15.1. The summed E-state index contributed by atoms with van der Waals surface area (Å²) >= 11 is 0. The van der Waals surface area contributed by atoms with Gasteiger partial charge in [-0.2, -0.15) is 0 Å². The van der Waals surface area contributed by atoms with E-state index in [4.69, 9.17) is 32.5 Å². The third-order valence-electron chi connectivity index (χ3n) is 4.44. The number of amides is 3. The molecule has 0 heterocycles. The van der Waals surface area contributed by atoms with Crippen LogP contribution in [0.1, 0.15) is 32.6 Å². The molecule has 0 aliphatic heterocycles. The van der Waals surface area contributed by atoms with Gasteiger partial charge in [0.2, 0.25) is 17.7 Å². The zero-order valence-electron chi connectivity index (χ0n) is 18.6. The van der Waals surface area contributed by atoms with Crippen LogP contribution in [0.25, 0.3) is 0 Å². The van der Waals surface area contributed by atoms with E-state index < -0.39 is 73.0 Å². The van der Waals surface area contributed by atoms with Gasteiger partial charge in [0.05, 0.1) is 18.8 Å². The zero-order valence-corrected chi connectivity index (χ0v) is 18.6. The van der Waals surface area contributed by atoms with Crippen LogP contribution < -0.4 is 33.2 Å². The van der Waals surface area contributed by atoms with Crippen molar-refractivity contribution >= 4 is 35.6 Å². The summed E-state index contributed by atoms with van der Waals surface area (Å²) < 4.78 is 0. The van der Waals surface area contributed by atoms with Gasteiger partial charge in [-0.05, 0) is 26.2 Å². The lowest BCUT2D eigenvalue weighted by Crippen LogP contribution is -2.60. The van der Waals surface area contributed by atoms with Crippen molar-refractivity contribution in [3.8, 4) is 0 Å². The summed E-state index contributed by atoms with van der Waals surface area (Å²) in [6, 6.07) is -5.87. The largest absolute Gasteiger partial charge is 0.481 e. The third kappa shape index (κ3) is 11.9. The summed E-state index contributed by atoms with van der Waals surface area (Å²) in [6.07, 6.45) is -1.90. The maximum Gasteiger partial charge on any atom is 0.328 e. The van der Waals surface area contributed by atoms with Crippen LogP contribution in [0.3, 0.4) is 0 Å². The molecule has 5 atom stereocenters. The van der Waals surface area contributed by atoms with Crippen molar-refractivity contribution in [2.24, 2.45) is 22.2 Å². The molecule has 16 heteroatoms. The van der Waals surface area contributed by atoms with Crippen LogP contribution in [0.4, 0.5) is 0 Å². The van der Waals surface area contributed by atoms with Crippen LogP contribution in [0.2, 0.25) is 0 Å². The first kappa shape index (κ1) is 30.5. The van der Waals surface area contributed by atoms with Crippen LogP contribution in [-0.2, 0) is 24.0 Å². The number of aliphatic hydroxyl groups is 2. The second kappa shape index (κ2) is 15.4. The van der Waals surface area contributed by atoms with Crippen LogP contribution in [0, 0.1) is 0 Å². The Morgan fingerprint density at radius 3 is 1.97 bits per heavy atom. The molecule has 34 heavy (non-hydrogen) atoms. The number of nitrogens with zero attached hydrogens (tertiary/aromatic N) is 1. The molecule has 5 unspecified atom stereocenters. The number of aliphatic carboxylic acids is 2. The van der Waals surface area contributed by atoms with Crippen molar-refractivity contribution in [2.45, 2.75) is 62.9 Å². The number of guanidine groups is 1. The van der Waals surface area contributed by atoms with Gasteiger partial charge in [-0.15, -0.1) is 0 Å². The molecule has 0 spiro atoms. The van der Waals surface area contributed by atoms with Crippen molar-refractivity contribution in [1.29, 1.82) is 0 Å². The minimum Gasteiger partial charge on any atom is -0.481 e. The van der Waals surface area contributed by atoms with Gasteiger partial charge < -0.3 is 53.6 Å². The van der Waals surface area contributed by atoms with Gasteiger partial charge in [-0.25, -0.2) is 4.79 Å². The number of aliphatic hydroxyl groups excluding tert-OH is 2. The highest BCUT2D eigenvalue weighted by Gasteiger charge is 2.32. The van der Waals surface area contributed by atoms with Gasteiger partial charge >= 0.3 is 11.9 Å². The average molecular weight is 492 g/mol. The first-order valence-electron chi connectivity index (χ1n) is 10.3. The van der Waals surface area contributed by atoms with Gasteiger partial charge in [-0.1, -0.05) is 0 Å². The Morgan fingerprint density at radius 2 is 1.50 bits per heavy atom. The standard InChI is InChI=1S/C18H33N7O9/c1-8(27)13(16(32)24-11(7-26)17(33)34)25-15(31)10(4-5-12(28)29)23-14(30)9(19)3-2-6-22-18(20)21/h8-11,13,26-27H,2-7,19H2,1H3,(H,23,30)(H,24,32)(H,25,31)(H,28,29)(H,33,34)(H4,20,21,22). The monoisotopic (exact) mass is 491 g/mol. The molecule has 0 fully saturated rings. The number of carboxylic acid groups (broad SMARTS) is 2. The number of aliphatic imine (C=N–C) groups is 1. The van der Waals surface area contributed by atoms with E-state index in [0.717, 1.165) is 6.92 Å². The highest BCUT2D eigenvalue weighted by atomic mass is 16.4. The van der Waals surface area contributed by atoms with E-state index in [9.17, 15) is 29.1 Å². The lowest BCUT2D eigenvalue weighted by atomic mass is 10.1. The molecule has 0 rings (SSSR count). The number of carbonyl (C=O) groups is 5. The molecule has 0 bridgehead atoms. The quantitative estimate of drug-likeness (QED) is 0.0552. The van der Waals surface area contributed by atoms with Crippen molar-refractivity contribution in [3.63, 3.8) is 0 Å². The average Bonchev–Trinajstić information content (AvgIpc) is 2.74. The van der Waals surface area contributed by atoms with Crippen molar-refractivity contribution in [3.05, 3.63) is 0 Å². The summed E-state index contributed by atoms with van der Waals surface area (Å²) in [6.45, 7) is 0.402. The van der Waals surface area contributed by atoms with Gasteiger partial charge in [0.1, 0.15) is 18.1 Å². The van der Waals surface area contributed by atoms with E-state index in [1.165, 1.54) is 0 Å². The SMILES string of the molecule is CC(O)C(NC(=O)C(CCC(=O)O)NC(=O)C(N)CCCN=C(N)N)C(=O)NC(CO)C(=O)O. The molecule has 13 N–H and O–H groups in total. The van der Waals surface area contributed by atoms with Crippen molar-refractivity contribution < 1.29 is 44.4 Å². The van der Waals surface area contributed by atoms with Gasteiger partial charge in [0, 0.05) is 13.0 Å². The Labute approximate surface area is 194 Å². The fourth-order valence-corrected chi connectivity index (χ4v) is 2.57. The molecular weight excluding hydrogens is 458 g/mol. The molecule has 0 aliphatic rings. The molecular formula is C18H33N7O9. The van der Waals surface area contributed by atoms with E-state index in [1.807, 2.05) is 5.32 Å². The summed E-state index contributed by atoms with van der Waals surface area (Å²) in [5.74, 6) is -5.85. The maximum atomic E-state index is 12.7. The fraction of sp³-hybridized carbons (Fsp3) is 0.667. The Balaban J connectivity index is 5.31. The fourth-order valence-electron chi connectivity index (χ4n) is 2.57. The first-order chi connectivity index (χ1) is 15.8. The molecule has 194 valence electrons. The third-order valence-corrected chi connectivity index (χ3v) is 4.44. The number of nitrogens with two attached hydrogens (primary N) is 3. The van der Waals surface area contributed by atoms with E-state index in [0.29, 0.717) is 6.42 Å². The van der Waals surface area contributed by atoms with E-state index in [-0.39, 0.29) is 25.3 Å². The van der Waals surface area contributed by atoms with Crippen LogP contribution >= 0.6 is 0 Å². The van der Waals surface area contributed by atoms with Crippen LogP contribution in [0.15, 0.2) is 4.99 Å². The lowest BCUT2D eigenvalue weighted by molar-refractivity contribution is -0.144. The van der Waals surface area contributed by atoms with E-state index >= 15 is 0 Å². The van der Waals surface area contributed by atoms with Crippen LogP contribution in [0.5, 0.6) is 0 Å². The first-order valence-corrected chi connectivity index (χ1v) is 10.3. The van der Waals surface area contributed by atoms with E-state index in [2.05, 4.69) is 15.6 Å². The van der Waals surface area contributed by atoms with Crippen molar-refractivity contribution in [2.75, 3.05) is 13.2 Å².